The Morgan fingerprint density at radius 1 is 0.735 bits per heavy atom. The van der Waals surface area contributed by atoms with Gasteiger partial charge in [0.15, 0.2) is 0 Å². The second-order valence-electron chi connectivity index (χ2n) is 8.75. The van der Waals surface area contributed by atoms with E-state index in [1.54, 1.807) is 0 Å². The molecule has 1 aliphatic carbocycles. The molecule has 1 nitrogen and oxygen atoms in total. The molecular weight excluding hydrogens is 640 g/mol. The Morgan fingerprint density at radius 3 is 1.62 bits per heavy atom. The van der Waals surface area contributed by atoms with Crippen LogP contribution >= 0.6 is 17.5 Å². The third-order valence-electron chi connectivity index (χ3n) is 6.46. The van der Waals surface area contributed by atoms with Gasteiger partial charge in [-0.3, -0.25) is 4.39 Å². The van der Waals surface area contributed by atoms with Crippen LogP contribution in [0.15, 0.2) is 91.0 Å². The summed E-state index contributed by atoms with van der Waals surface area (Å²) in [6.07, 6.45) is 7.86. The molecule has 5 heteroatoms. The molecule has 182 valence electrons. The summed E-state index contributed by atoms with van der Waals surface area (Å²) < 4.78 is 12.9. The van der Waals surface area contributed by atoms with Crippen LogP contribution in [0.25, 0.3) is 5.32 Å². The van der Waals surface area contributed by atoms with Crippen molar-refractivity contribution in [3.05, 3.63) is 103 Å². The van der Waals surface area contributed by atoms with Gasteiger partial charge in [-0.05, 0) is 42.8 Å². The molecule has 1 saturated carbocycles. The second kappa shape index (κ2) is 15.8. The summed E-state index contributed by atoms with van der Waals surface area (Å²) in [6, 6.07) is 33.0. The van der Waals surface area contributed by atoms with Gasteiger partial charge >= 0.3 is 27.5 Å². The van der Waals surface area contributed by atoms with Crippen LogP contribution in [-0.2, 0) is 17.9 Å². The molecule has 0 bridgehead atoms. The summed E-state index contributed by atoms with van der Waals surface area (Å²) in [6.45, 7) is 1.04. The molecule has 3 aromatic rings. The van der Waals surface area contributed by atoms with Crippen LogP contribution in [0, 0.1) is 12.3 Å². The Hall–Kier alpha value is -1.08. The van der Waals surface area contributed by atoms with E-state index in [-0.39, 0.29) is 0 Å². The van der Waals surface area contributed by atoms with Crippen molar-refractivity contribution in [1.82, 2.24) is 0 Å². The van der Waals surface area contributed by atoms with Gasteiger partial charge in [0.05, 0.1) is 14.1 Å². The van der Waals surface area contributed by atoms with Crippen LogP contribution in [0.5, 0.6) is 0 Å². The summed E-state index contributed by atoms with van der Waals surface area (Å²) in [4.78, 5) is 0. The Labute approximate surface area is 220 Å². The molecule has 0 N–H and O–H groups in total. The van der Waals surface area contributed by atoms with Crippen molar-refractivity contribution >= 4 is 33.4 Å². The molecule has 2 fully saturated rings. The minimum atomic E-state index is -0.877. The SMILES string of the molecule is FC1C[CH-]C(C2CCCC[N-]2)CC1.[Cl][Ir+2].c1ccc([PH+](c2ccccc2)c2ccccc2)cc1. The molecule has 0 aromatic heterocycles. The van der Waals surface area contributed by atoms with E-state index in [1.807, 2.05) is 0 Å². The molecular formula is C29H34ClFIrNP+. The zero-order valence-electron chi connectivity index (χ0n) is 19.5. The topological polar surface area (TPSA) is 14.1 Å². The summed E-state index contributed by atoms with van der Waals surface area (Å²) in [5, 5.41) is 8.93. The third kappa shape index (κ3) is 8.54. The molecule has 3 atom stereocenters. The summed E-state index contributed by atoms with van der Waals surface area (Å²) >= 11 is 1.47. The first-order chi connectivity index (χ1) is 16.8. The molecule has 5 rings (SSSR count). The fourth-order valence-electron chi connectivity index (χ4n) is 4.76. The number of rotatable bonds is 4. The number of halogens is 2. The monoisotopic (exact) mass is 674 g/mol. The number of piperidine rings is 1. The van der Waals surface area contributed by atoms with Crippen molar-refractivity contribution in [3.8, 4) is 0 Å². The van der Waals surface area contributed by atoms with Crippen LogP contribution in [-0.4, -0.2) is 18.8 Å². The number of nitrogens with zero attached hydrogens (tertiary/aromatic N) is 1. The van der Waals surface area contributed by atoms with Gasteiger partial charge in [0.25, 0.3) is 0 Å². The van der Waals surface area contributed by atoms with Gasteiger partial charge in [-0.1, -0.05) is 80.3 Å². The van der Waals surface area contributed by atoms with E-state index in [9.17, 15) is 4.39 Å². The molecule has 2 aliphatic rings. The van der Waals surface area contributed by atoms with Crippen LogP contribution in [0.2, 0.25) is 0 Å². The maximum Gasteiger partial charge on any atom is 0.102 e. The van der Waals surface area contributed by atoms with E-state index in [0.717, 1.165) is 19.4 Å². The maximum atomic E-state index is 12.9. The number of hydrogen-bond donors (Lipinski definition) is 0. The molecule has 34 heavy (non-hydrogen) atoms. The van der Waals surface area contributed by atoms with Crippen molar-refractivity contribution in [3.63, 3.8) is 0 Å². The van der Waals surface area contributed by atoms with E-state index >= 15 is 0 Å². The zero-order valence-corrected chi connectivity index (χ0v) is 23.6. The second-order valence-corrected chi connectivity index (χ2v) is 11.2. The fraction of sp³-hybridized carbons (Fsp3) is 0.345. The molecule has 3 aromatic carbocycles. The Morgan fingerprint density at radius 2 is 1.24 bits per heavy atom. The average molecular weight is 674 g/mol. The maximum absolute atomic E-state index is 12.9. The Kier molecular flexibility index (Phi) is 12.8. The number of hydrogen-bond acceptors (Lipinski definition) is 0. The molecule has 0 amide bonds. The molecule has 0 spiro atoms. The Bertz CT molecular complexity index is 807. The van der Waals surface area contributed by atoms with Gasteiger partial charge in [-0.25, -0.2) is 0 Å². The summed E-state index contributed by atoms with van der Waals surface area (Å²) in [5.74, 6) is 0.590. The van der Waals surface area contributed by atoms with Gasteiger partial charge in [0, 0.05) is 0 Å². The number of alkyl halides is 1. The molecule has 1 heterocycles. The average Bonchev–Trinajstić information content (AvgIpc) is 2.93. The van der Waals surface area contributed by atoms with Crippen LogP contribution in [0.1, 0.15) is 38.5 Å². The first-order valence-electron chi connectivity index (χ1n) is 12.1. The van der Waals surface area contributed by atoms with E-state index in [1.165, 1.54) is 53.1 Å². The predicted octanol–water partition coefficient (Wildman–Crippen LogP) is 7.12. The van der Waals surface area contributed by atoms with Gasteiger partial charge in [0.2, 0.25) is 0 Å². The zero-order chi connectivity index (χ0) is 24.0. The summed E-state index contributed by atoms with van der Waals surface area (Å²) in [7, 11) is 3.76. The van der Waals surface area contributed by atoms with Gasteiger partial charge < -0.3 is 11.7 Å². The normalized spacial score (nSPS) is 22.1. The minimum Gasteiger partial charge on any atom is -0.0620 e. The van der Waals surface area contributed by atoms with E-state index in [0.29, 0.717) is 18.4 Å². The first-order valence-corrected chi connectivity index (χ1v) is 16.6. The Balaban J connectivity index is 0.000000189. The van der Waals surface area contributed by atoms with Crippen LogP contribution < -0.4 is 15.9 Å². The molecule has 0 radical (unpaired) electrons. The van der Waals surface area contributed by atoms with Crippen LogP contribution in [0.3, 0.4) is 0 Å². The first kappa shape index (κ1) is 27.5. The quantitative estimate of drug-likeness (QED) is 0.207. The van der Waals surface area contributed by atoms with Crippen molar-refractivity contribution in [2.75, 3.05) is 6.54 Å². The standard InChI is InChI=1S/C18H15P.C11H18FN.ClH.Ir/c1-4-10-16(11-5-1)19(17-12-6-2-7-13-17)18-14-8-3-9-15-18;12-10-6-4-9(5-7-10)11-3-1-2-8-13-11;;/h1-15H;4,9-11H,1-3,5-8H2;1H;/q;-2;;+3. The molecule has 1 saturated heterocycles. The third-order valence-corrected chi connectivity index (χ3v) is 9.19. The van der Waals surface area contributed by atoms with Crippen LogP contribution in [0.4, 0.5) is 4.39 Å². The van der Waals surface area contributed by atoms with Crippen molar-refractivity contribution in [2.24, 2.45) is 5.92 Å². The molecule has 3 unspecified atom stereocenters. The number of benzene rings is 3. The van der Waals surface area contributed by atoms with Gasteiger partial charge in [0.1, 0.15) is 15.9 Å². The van der Waals surface area contributed by atoms with Crippen molar-refractivity contribution in [1.29, 1.82) is 0 Å². The van der Waals surface area contributed by atoms with Crippen molar-refractivity contribution in [2.45, 2.75) is 50.7 Å². The van der Waals surface area contributed by atoms with E-state index in [2.05, 4.69) is 112 Å². The predicted molar refractivity (Wildman–Crippen MR) is 145 cm³/mol. The summed E-state index contributed by atoms with van der Waals surface area (Å²) in [5.41, 5.74) is 0. The van der Waals surface area contributed by atoms with Gasteiger partial charge in [-0.2, -0.15) is 12.0 Å². The van der Waals surface area contributed by atoms with Gasteiger partial charge in [-0.15, -0.1) is 13.0 Å². The van der Waals surface area contributed by atoms with E-state index in [4.69, 9.17) is 0 Å². The van der Waals surface area contributed by atoms with Crippen molar-refractivity contribution < 1.29 is 22.3 Å². The molecule has 1 aliphatic heterocycles. The smallest absolute Gasteiger partial charge is 0.0620 e. The minimum absolute atomic E-state index is 0.529. The fourth-order valence-corrected chi connectivity index (χ4v) is 7.34. The van der Waals surface area contributed by atoms with E-state index < -0.39 is 14.1 Å². The largest absolute Gasteiger partial charge is 0.102 e.